The minimum atomic E-state index is -3.78. The summed E-state index contributed by atoms with van der Waals surface area (Å²) >= 11 is 0. The van der Waals surface area contributed by atoms with Crippen molar-refractivity contribution in [2.45, 2.75) is 6.42 Å². The molecule has 1 aromatic rings. The number of aliphatic carboxylic acids is 1. The summed E-state index contributed by atoms with van der Waals surface area (Å²) in [5, 5.41) is 18.8. The fraction of sp³-hybridized carbons (Fsp3) is 0.389. The summed E-state index contributed by atoms with van der Waals surface area (Å²) in [5.74, 6) is -2.07. The van der Waals surface area contributed by atoms with Crippen molar-refractivity contribution in [2.75, 3.05) is 38.2 Å². The number of piperazine rings is 1. The van der Waals surface area contributed by atoms with E-state index in [1.165, 1.54) is 10.4 Å². The van der Waals surface area contributed by atoms with E-state index in [2.05, 4.69) is 4.90 Å². The largest absolute Gasteiger partial charge is 0.511 e. The molecule has 2 aliphatic rings. The lowest BCUT2D eigenvalue weighted by Gasteiger charge is -2.36. The molecule has 1 atom stereocenters. The summed E-state index contributed by atoms with van der Waals surface area (Å²) < 4.78 is 32.5. The van der Waals surface area contributed by atoms with Crippen LogP contribution in [-0.2, 0) is 14.8 Å². The van der Waals surface area contributed by atoms with Gasteiger partial charge in [0, 0.05) is 32.6 Å². The molecule has 2 N–H and O–H groups in total. The summed E-state index contributed by atoms with van der Waals surface area (Å²) in [5.41, 5.74) is 0.910. The molecular formula is C18H22N2O6S. The first-order chi connectivity index (χ1) is 12.8. The van der Waals surface area contributed by atoms with Crippen molar-refractivity contribution in [2.24, 2.45) is 5.92 Å². The molecule has 0 saturated carbocycles. The van der Waals surface area contributed by atoms with E-state index in [9.17, 15) is 18.3 Å². The van der Waals surface area contributed by atoms with Crippen molar-refractivity contribution in [3.63, 3.8) is 0 Å². The van der Waals surface area contributed by atoms with Gasteiger partial charge in [-0.05, 0) is 24.3 Å². The highest BCUT2D eigenvalue weighted by Crippen LogP contribution is 2.32. The minimum absolute atomic E-state index is 0.0124. The average Bonchev–Trinajstić information content (AvgIpc) is 2.68. The van der Waals surface area contributed by atoms with Crippen molar-refractivity contribution in [1.29, 1.82) is 0 Å². The average molecular weight is 394 g/mol. The van der Waals surface area contributed by atoms with Crippen LogP contribution in [0.1, 0.15) is 6.42 Å². The number of para-hydroxylation sites is 2. The van der Waals surface area contributed by atoms with Gasteiger partial charge in [-0.25, -0.2) is 8.42 Å². The van der Waals surface area contributed by atoms with Gasteiger partial charge in [0.1, 0.15) is 17.4 Å². The fourth-order valence-electron chi connectivity index (χ4n) is 3.30. The zero-order valence-electron chi connectivity index (χ0n) is 14.9. The van der Waals surface area contributed by atoms with Crippen LogP contribution in [0.5, 0.6) is 5.75 Å². The first kappa shape index (κ1) is 19.2. The molecule has 1 saturated heterocycles. The summed E-state index contributed by atoms with van der Waals surface area (Å²) in [6.45, 7) is 1.56. The third kappa shape index (κ3) is 3.79. The number of rotatable bonds is 5. The lowest BCUT2D eigenvalue weighted by Crippen LogP contribution is -2.49. The standard InChI is InChI=1S/C18H22N2O6S/c1-26-17-5-3-2-4-15(17)19-8-10-20(11-9-19)27(24,25)13-6-7-16(21)14(12-13)18(22)23/h2-7,14,21H,8-12H2,1H3,(H,22,23). The molecule has 8 nitrogen and oxygen atoms in total. The highest BCUT2D eigenvalue weighted by atomic mass is 32.2. The van der Waals surface area contributed by atoms with E-state index in [1.807, 2.05) is 24.3 Å². The Morgan fingerprint density at radius 3 is 2.44 bits per heavy atom. The zero-order chi connectivity index (χ0) is 19.6. The maximum atomic E-state index is 12.9. The van der Waals surface area contributed by atoms with Crippen LogP contribution >= 0.6 is 0 Å². The van der Waals surface area contributed by atoms with E-state index < -0.39 is 21.9 Å². The third-order valence-corrected chi connectivity index (χ3v) is 6.85. The molecule has 9 heteroatoms. The number of aliphatic hydroxyl groups excluding tert-OH is 1. The second-order valence-corrected chi connectivity index (χ2v) is 8.37. The zero-order valence-corrected chi connectivity index (χ0v) is 15.7. The number of hydrogen-bond acceptors (Lipinski definition) is 6. The molecule has 1 aliphatic carbocycles. The van der Waals surface area contributed by atoms with Crippen molar-refractivity contribution in [3.05, 3.63) is 47.1 Å². The number of methoxy groups -OCH3 is 1. The van der Waals surface area contributed by atoms with E-state index >= 15 is 0 Å². The summed E-state index contributed by atoms with van der Waals surface area (Å²) in [4.78, 5) is 13.3. The van der Waals surface area contributed by atoms with E-state index in [0.717, 1.165) is 17.5 Å². The molecule has 0 radical (unpaired) electrons. The number of carboxylic acid groups (broad SMARTS) is 1. The van der Waals surface area contributed by atoms with Crippen LogP contribution in [0.25, 0.3) is 0 Å². The molecule has 1 heterocycles. The van der Waals surface area contributed by atoms with Crippen LogP contribution in [0, 0.1) is 5.92 Å². The van der Waals surface area contributed by atoms with Gasteiger partial charge in [0.15, 0.2) is 0 Å². The molecule has 27 heavy (non-hydrogen) atoms. The van der Waals surface area contributed by atoms with Crippen molar-refractivity contribution < 1.29 is 28.2 Å². The molecule has 0 bridgehead atoms. The topological polar surface area (TPSA) is 107 Å². The van der Waals surface area contributed by atoms with Crippen LogP contribution < -0.4 is 9.64 Å². The van der Waals surface area contributed by atoms with Gasteiger partial charge in [-0.15, -0.1) is 0 Å². The summed E-state index contributed by atoms with van der Waals surface area (Å²) in [6.07, 6.45) is 2.20. The van der Waals surface area contributed by atoms with Gasteiger partial charge in [0.05, 0.1) is 17.7 Å². The summed E-state index contributed by atoms with van der Waals surface area (Å²) in [7, 11) is -2.18. The number of nitrogens with zero attached hydrogens (tertiary/aromatic N) is 2. The Bertz CT molecular complexity index is 885. The summed E-state index contributed by atoms with van der Waals surface area (Å²) in [6, 6.07) is 7.56. The minimum Gasteiger partial charge on any atom is -0.511 e. The number of ether oxygens (including phenoxy) is 1. The monoisotopic (exact) mass is 394 g/mol. The SMILES string of the molecule is COc1ccccc1N1CCN(S(=O)(=O)C2=CC=C(O)C(C(=O)O)C2)CC1. The van der Waals surface area contributed by atoms with E-state index in [4.69, 9.17) is 9.84 Å². The van der Waals surface area contributed by atoms with Gasteiger partial charge in [-0.1, -0.05) is 12.1 Å². The van der Waals surface area contributed by atoms with Crippen LogP contribution in [0.3, 0.4) is 0 Å². The molecule has 0 aromatic heterocycles. The molecule has 1 fully saturated rings. The van der Waals surface area contributed by atoms with Crippen LogP contribution in [-0.4, -0.2) is 62.2 Å². The Hall–Kier alpha value is -2.52. The van der Waals surface area contributed by atoms with Gasteiger partial charge in [0.25, 0.3) is 0 Å². The van der Waals surface area contributed by atoms with Gasteiger partial charge < -0.3 is 19.8 Å². The first-order valence-corrected chi connectivity index (χ1v) is 9.99. The quantitative estimate of drug-likeness (QED) is 0.781. The molecule has 146 valence electrons. The Balaban J connectivity index is 1.73. The predicted molar refractivity (Wildman–Crippen MR) is 100 cm³/mol. The lowest BCUT2D eigenvalue weighted by molar-refractivity contribution is -0.141. The Labute approximate surface area is 158 Å². The van der Waals surface area contributed by atoms with Crippen LogP contribution in [0.2, 0.25) is 0 Å². The maximum Gasteiger partial charge on any atom is 0.314 e. The number of aliphatic hydroxyl groups is 1. The van der Waals surface area contributed by atoms with E-state index in [-0.39, 0.29) is 30.2 Å². The smallest absolute Gasteiger partial charge is 0.314 e. The molecule has 0 spiro atoms. The predicted octanol–water partition coefficient (Wildman–Crippen LogP) is 1.58. The molecular weight excluding hydrogens is 372 g/mol. The van der Waals surface area contributed by atoms with E-state index in [0.29, 0.717) is 13.1 Å². The van der Waals surface area contributed by atoms with Gasteiger partial charge in [-0.2, -0.15) is 4.31 Å². The van der Waals surface area contributed by atoms with Crippen LogP contribution in [0.15, 0.2) is 47.1 Å². The molecule has 0 amide bonds. The molecule has 1 aliphatic heterocycles. The van der Waals surface area contributed by atoms with Gasteiger partial charge >= 0.3 is 5.97 Å². The van der Waals surface area contributed by atoms with Crippen molar-refractivity contribution >= 4 is 21.7 Å². The number of anilines is 1. The number of sulfonamides is 1. The van der Waals surface area contributed by atoms with E-state index in [1.54, 1.807) is 7.11 Å². The van der Waals surface area contributed by atoms with Crippen molar-refractivity contribution in [3.8, 4) is 5.75 Å². The van der Waals surface area contributed by atoms with Gasteiger partial charge in [-0.3, -0.25) is 4.79 Å². The second-order valence-electron chi connectivity index (χ2n) is 6.38. The number of carboxylic acids is 1. The van der Waals surface area contributed by atoms with Gasteiger partial charge in [0.2, 0.25) is 10.0 Å². The normalized spacial score (nSPS) is 21.4. The highest BCUT2D eigenvalue weighted by Gasteiger charge is 2.36. The number of allylic oxidation sites excluding steroid dienone is 3. The Morgan fingerprint density at radius 1 is 1.15 bits per heavy atom. The second kappa shape index (κ2) is 7.61. The fourth-order valence-corrected chi connectivity index (χ4v) is 4.89. The number of carbonyl (C=O) groups is 1. The highest BCUT2D eigenvalue weighted by molar-refractivity contribution is 7.93. The molecule has 1 unspecified atom stereocenters. The maximum absolute atomic E-state index is 12.9. The third-order valence-electron chi connectivity index (χ3n) is 4.84. The molecule has 3 rings (SSSR count). The number of hydrogen-bond donors (Lipinski definition) is 2. The van der Waals surface area contributed by atoms with Crippen molar-refractivity contribution in [1.82, 2.24) is 4.31 Å². The Kier molecular flexibility index (Phi) is 5.43. The molecule has 1 aromatic carbocycles. The first-order valence-electron chi connectivity index (χ1n) is 8.55. The lowest BCUT2D eigenvalue weighted by atomic mass is 9.99. The number of benzene rings is 1. The Morgan fingerprint density at radius 2 is 1.81 bits per heavy atom. The van der Waals surface area contributed by atoms with Crippen LogP contribution in [0.4, 0.5) is 5.69 Å².